The van der Waals surface area contributed by atoms with Crippen LogP contribution in [0.4, 0.5) is 0 Å². The number of aromatic hydroxyl groups is 1. The highest BCUT2D eigenvalue weighted by Crippen LogP contribution is 2.35. The predicted octanol–water partition coefficient (Wildman–Crippen LogP) is 3.88. The van der Waals surface area contributed by atoms with Gasteiger partial charge in [0.05, 0.1) is 37.6 Å². The molecule has 34 heavy (non-hydrogen) atoms. The molecule has 4 rings (SSSR count). The number of para-hydroxylation sites is 1. The molecule has 7 nitrogen and oxygen atoms in total. The monoisotopic (exact) mass is 654 g/mol. The van der Waals surface area contributed by atoms with Gasteiger partial charge in [0.15, 0.2) is 4.80 Å². The van der Waals surface area contributed by atoms with E-state index in [1.807, 2.05) is 40.8 Å². The van der Waals surface area contributed by atoms with Crippen molar-refractivity contribution in [3.63, 3.8) is 0 Å². The van der Waals surface area contributed by atoms with E-state index in [-0.39, 0.29) is 17.9 Å². The van der Waals surface area contributed by atoms with Gasteiger partial charge >= 0.3 is 5.97 Å². The van der Waals surface area contributed by atoms with Gasteiger partial charge in [0.1, 0.15) is 17.5 Å². The third-order valence-electron chi connectivity index (χ3n) is 5.29. The summed E-state index contributed by atoms with van der Waals surface area (Å²) >= 11 is 6.61. The zero-order valence-corrected chi connectivity index (χ0v) is 23.0. The van der Waals surface area contributed by atoms with Crippen LogP contribution in [0.3, 0.4) is 0 Å². The van der Waals surface area contributed by atoms with Crippen LogP contribution >= 0.6 is 49.9 Å². The van der Waals surface area contributed by atoms with Crippen molar-refractivity contribution in [3.05, 3.63) is 86.5 Å². The molecule has 0 spiro atoms. The Morgan fingerprint density at radius 3 is 2.76 bits per heavy atom. The molecule has 2 heterocycles. The van der Waals surface area contributed by atoms with Gasteiger partial charge in [-0.15, -0.1) is 0 Å². The second kappa shape index (κ2) is 10.0. The molecular weight excluding hydrogens is 635 g/mol. The predicted molar refractivity (Wildman–Crippen MR) is 142 cm³/mol. The summed E-state index contributed by atoms with van der Waals surface area (Å²) in [7, 11) is 1.55. The summed E-state index contributed by atoms with van der Waals surface area (Å²) in [5, 5.41) is 10.0. The second-order valence-corrected chi connectivity index (χ2v) is 10.4. The van der Waals surface area contributed by atoms with E-state index in [1.54, 1.807) is 45.2 Å². The highest BCUT2D eigenvalue weighted by Gasteiger charge is 2.34. The number of methoxy groups -OCH3 is 1. The fourth-order valence-corrected chi connectivity index (χ4v) is 6.34. The molecule has 0 unspecified atom stereocenters. The SMILES string of the molecule is CCOC(=O)C1=C(C)N=c2s/c(=C/c3cc(Br)c(O)c(I)c3)c(=O)n2[C@H]1c1ccccc1OC. The lowest BCUT2D eigenvalue weighted by Crippen LogP contribution is -2.40. The van der Waals surface area contributed by atoms with E-state index < -0.39 is 12.0 Å². The summed E-state index contributed by atoms with van der Waals surface area (Å²) in [5.74, 6) is 0.173. The Morgan fingerprint density at radius 1 is 1.35 bits per heavy atom. The average Bonchev–Trinajstić information content (AvgIpc) is 3.11. The van der Waals surface area contributed by atoms with Crippen molar-refractivity contribution < 1.29 is 19.4 Å². The Balaban J connectivity index is 1.99. The third kappa shape index (κ3) is 4.46. The zero-order chi connectivity index (χ0) is 24.6. The van der Waals surface area contributed by atoms with Gasteiger partial charge < -0.3 is 14.6 Å². The zero-order valence-electron chi connectivity index (χ0n) is 18.5. The number of nitrogens with zero attached hydrogens (tertiary/aromatic N) is 2. The van der Waals surface area contributed by atoms with Crippen molar-refractivity contribution in [2.45, 2.75) is 19.9 Å². The van der Waals surface area contributed by atoms with E-state index in [4.69, 9.17) is 9.47 Å². The van der Waals surface area contributed by atoms with Crippen molar-refractivity contribution in [1.29, 1.82) is 0 Å². The van der Waals surface area contributed by atoms with Crippen molar-refractivity contribution in [2.75, 3.05) is 13.7 Å². The minimum atomic E-state index is -0.750. The van der Waals surface area contributed by atoms with Gasteiger partial charge in [0.25, 0.3) is 5.56 Å². The molecule has 0 aliphatic carbocycles. The van der Waals surface area contributed by atoms with E-state index in [9.17, 15) is 14.7 Å². The van der Waals surface area contributed by atoms with E-state index in [0.29, 0.717) is 40.0 Å². The van der Waals surface area contributed by atoms with Crippen LogP contribution in [0, 0.1) is 3.57 Å². The maximum Gasteiger partial charge on any atom is 0.338 e. The van der Waals surface area contributed by atoms with Crippen LogP contribution in [-0.2, 0) is 9.53 Å². The molecule has 0 radical (unpaired) electrons. The number of carbonyl (C=O) groups excluding carboxylic acids is 1. The van der Waals surface area contributed by atoms with Crippen LogP contribution < -0.4 is 19.6 Å². The van der Waals surface area contributed by atoms with Gasteiger partial charge in [-0.05, 0) is 82.2 Å². The minimum absolute atomic E-state index is 0.144. The van der Waals surface area contributed by atoms with E-state index in [0.717, 1.165) is 5.56 Å². The Hall–Kier alpha value is -2.44. The smallest absolute Gasteiger partial charge is 0.338 e. The van der Waals surface area contributed by atoms with Crippen LogP contribution in [0.5, 0.6) is 11.5 Å². The number of aromatic nitrogens is 1. The highest BCUT2D eigenvalue weighted by molar-refractivity contribution is 14.1. The van der Waals surface area contributed by atoms with Crippen LogP contribution in [0.25, 0.3) is 6.08 Å². The lowest BCUT2D eigenvalue weighted by atomic mass is 9.95. The first-order valence-electron chi connectivity index (χ1n) is 10.3. The maximum absolute atomic E-state index is 13.7. The van der Waals surface area contributed by atoms with Crippen LogP contribution in [0.15, 0.2) is 61.9 Å². The van der Waals surface area contributed by atoms with Crippen molar-refractivity contribution in [3.8, 4) is 11.5 Å². The summed E-state index contributed by atoms with van der Waals surface area (Å²) < 4.78 is 14.0. The lowest BCUT2D eigenvalue weighted by molar-refractivity contribution is -0.139. The van der Waals surface area contributed by atoms with Gasteiger partial charge in [-0.3, -0.25) is 9.36 Å². The number of thiazole rings is 1. The van der Waals surface area contributed by atoms with Crippen molar-refractivity contribution in [1.82, 2.24) is 4.57 Å². The number of hydrogen-bond donors (Lipinski definition) is 1. The molecular formula is C24H20BrIN2O5S. The maximum atomic E-state index is 13.7. The van der Waals surface area contributed by atoms with E-state index >= 15 is 0 Å². The molecule has 0 amide bonds. The van der Waals surface area contributed by atoms with E-state index in [1.165, 1.54) is 15.9 Å². The lowest BCUT2D eigenvalue weighted by Gasteiger charge is -2.25. The molecule has 0 saturated heterocycles. The van der Waals surface area contributed by atoms with Crippen LogP contribution in [-0.4, -0.2) is 29.4 Å². The van der Waals surface area contributed by atoms with E-state index in [2.05, 4.69) is 20.9 Å². The summed E-state index contributed by atoms with van der Waals surface area (Å²) in [6.45, 7) is 3.68. The van der Waals surface area contributed by atoms with Gasteiger partial charge in [0.2, 0.25) is 0 Å². The molecule has 3 aromatic rings. The normalized spacial score (nSPS) is 15.7. The summed E-state index contributed by atoms with van der Waals surface area (Å²) in [5.41, 5.74) is 1.91. The number of carbonyl (C=O) groups is 1. The summed E-state index contributed by atoms with van der Waals surface area (Å²) in [4.78, 5) is 31.7. The van der Waals surface area contributed by atoms with Gasteiger partial charge in [-0.25, -0.2) is 9.79 Å². The molecule has 0 fully saturated rings. The molecule has 1 aliphatic heterocycles. The molecule has 2 aromatic carbocycles. The first-order chi connectivity index (χ1) is 16.3. The number of fused-ring (bicyclic) bond motifs is 1. The first-order valence-corrected chi connectivity index (χ1v) is 13.0. The number of ether oxygens (including phenoxy) is 2. The summed E-state index contributed by atoms with van der Waals surface area (Å²) in [6.07, 6.45) is 1.75. The number of hydrogen-bond acceptors (Lipinski definition) is 7. The molecule has 1 aromatic heterocycles. The largest absolute Gasteiger partial charge is 0.506 e. The molecule has 1 N–H and O–H groups in total. The first kappa shape index (κ1) is 24.7. The number of allylic oxidation sites excluding steroid dienone is 1. The average molecular weight is 655 g/mol. The molecule has 10 heteroatoms. The van der Waals surface area contributed by atoms with Gasteiger partial charge in [0, 0.05) is 5.56 Å². The number of benzene rings is 2. The number of halogens is 2. The Labute approximate surface area is 221 Å². The van der Waals surface area contributed by atoms with Gasteiger partial charge in [-0.2, -0.15) is 0 Å². The Kier molecular flexibility index (Phi) is 7.29. The highest BCUT2D eigenvalue weighted by atomic mass is 127. The fourth-order valence-electron chi connectivity index (χ4n) is 3.80. The second-order valence-electron chi connectivity index (χ2n) is 7.38. The molecule has 1 aliphatic rings. The number of rotatable bonds is 5. The van der Waals surface area contributed by atoms with Crippen molar-refractivity contribution >= 4 is 61.9 Å². The molecule has 1 atom stereocenters. The topological polar surface area (TPSA) is 90.1 Å². The minimum Gasteiger partial charge on any atom is -0.506 e. The van der Waals surface area contributed by atoms with Gasteiger partial charge in [-0.1, -0.05) is 29.5 Å². The standard InChI is InChI=1S/C24H20BrIN2O5S/c1-4-33-23(31)19-12(2)27-24-28(20(19)14-7-5-6-8-17(14)32-3)22(30)18(34-24)11-13-9-15(25)21(29)16(26)10-13/h5-11,20,29H,4H2,1-3H3/b18-11+/t20-/m0/s1. The van der Waals surface area contributed by atoms with Crippen LogP contribution in [0.1, 0.15) is 31.0 Å². The fraction of sp³-hybridized carbons (Fsp3) is 0.208. The van der Waals surface area contributed by atoms with Crippen molar-refractivity contribution in [2.24, 2.45) is 4.99 Å². The Morgan fingerprint density at radius 2 is 2.09 bits per heavy atom. The third-order valence-corrected chi connectivity index (χ3v) is 7.70. The molecule has 176 valence electrons. The number of phenols is 1. The molecule has 0 bridgehead atoms. The molecule has 0 saturated carbocycles. The quantitative estimate of drug-likeness (QED) is 0.333. The number of esters is 1. The number of phenolic OH excluding ortho intramolecular Hbond substituents is 1. The summed E-state index contributed by atoms with van der Waals surface area (Å²) in [6, 6.07) is 10.1. The van der Waals surface area contributed by atoms with Crippen LogP contribution in [0.2, 0.25) is 0 Å². The Bertz CT molecular complexity index is 1490.